The van der Waals surface area contributed by atoms with Crippen LogP contribution in [0.3, 0.4) is 0 Å². The number of hydrogen-bond donors (Lipinski definition) is 3. The molecule has 4 rings (SSSR count). The van der Waals surface area contributed by atoms with Gasteiger partial charge in [-0.05, 0) is 55.4 Å². The summed E-state index contributed by atoms with van der Waals surface area (Å²) in [4.78, 5) is 64.5. The number of piperidine rings is 1. The molecule has 3 aromatic rings. The number of carbonyl (C=O) groups excluding carboxylic acids is 4. The molecule has 3 heterocycles. The summed E-state index contributed by atoms with van der Waals surface area (Å²) in [5.74, 6) is -1.86. The number of likely N-dealkylation sites (N-methyl/N-ethyl adjacent to an activating group) is 1. The molecule has 230 valence electrons. The first-order chi connectivity index (χ1) is 20.6. The highest BCUT2D eigenvalue weighted by Crippen LogP contribution is 2.25. The SMILES string of the molecule is CC(C)CC(CC(=O)N1CCCCC1)C(=O)N(C)C(Cc1c[nH]c2ccccc12)C(=O)NC(Cc1ccccn1)C(N)=O. The number of para-hydroxylation sites is 1. The normalized spacial score (nSPS) is 15.6. The maximum atomic E-state index is 14.1. The number of nitrogens with two attached hydrogens (primary N) is 1. The number of aromatic amines is 1. The first-order valence-corrected chi connectivity index (χ1v) is 15.2. The molecule has 3 unspecified atom stereocenters. The molecule has 4 N–H and O–H groups in total. The number of H-pyrrole nitrogens is 1. The van der Waals surface area contributed by atoms with E-state index < -0.39 is 29.8 Å². The summed E-state index contributed by atoms with van der Waals surface area (Å²) in [5, 5.41) is 3.75. The Labute approximate surface area is 253 Å². The van der Waals surface area contributed by atoms with E-state index in [1.165, 1.54) is 4.90 Å². The first-order valence-electron chi connectivity index (χ1n) is 15.2. The van der Waals surface area contributed by atoms with Gasteiger partial charge in [-0.1, -0.05) is 38.1 Å². The van der Waals surface area contributed by atoms with Crippen LogP contribution < -0.4 is 11.1 Å². The predicted molar refractivity (Wildman–Crippen MR) is 166 cm³/mol. The predicted octanol–water partition coefficient (Wildman–Crippen LogP) is 3.21. The number of amides is 4. The van der Waals surface area contributed by atoms with Crippen LogP contribution in [-0.2, 0) is 32.0 Å². The molecule has 1 aliphatic heterocycles. The number of fused-ring (bicyclic) bond motifs is 1. The van der Waals surface area contributed by atoms with Gasteiger partial charge in [0.1, 0.15) is 12.1 Å². The maximum Gasteiger partial charge on any atom is 0.243 e. The van der Waals surface area contributed by atoms with Crippen LogP contribution in [0.1, 0.15) is 57.2 Å². The molecule has 0 bridgehead atoms. The highest BCUT2D eigenvalue weighted by molar-refractivity contribution is 5.94. The summed E-state index contributed by atoms with van der Waals surface area (Å²) in [6, 6.07) is 11.1. The van der Waals surface area contributed by atoms with Crippen LogP contribution in [0.4, 0.5) is 0 Å². The number of benzene rings is 1. The van der Waals surface area contributed by atoms with E-state index in [0.29, 0.717) is 25.2 Å². The summed E-state index contributed by atoms with van der Waals surface area (Å²) in [6.07, 6.45) is 7.47. The summed E-state index contributed by atoms with van der Waals surface area (Å²) in [7, 11) is 1.61. The van der Waals surface area contributed by atoms with E-state index in [1.807, 2.05) is 49.2 Å². The average molecular weight is 589 g/mol. The summed E-state index contributed by atoms with van der Waals surface area (Å²) in [5.41, 5.74) is 8.09. The van der Waals surface area contributed by atoms with Gasteiger partial charge in [-0.25, -0.2) is 0 Å². The van der Waals surface area contributed by atoms with E-state index in [0.717, 1.165) is 35.7 Å². The van der Waals surface area contributed by atoms with Crippen LogP contribution in [0.2, 0.25) is 0 Å². The van der Waals surface area contributed by atoms with E-state index in [4.69, 9.17) is 5.73 Å². The lowest BCUT2D eigenvalue weighted by Crippen LogP contribution is -2.55. The zero-order valence-electron chi connectivity index (χ0n) is 25.4. The maximum absolute atomic E-state index is 14.1. The van der Waals surface area contributed by atoms with Gasteiger partial charge in [0.05, 0.1) is 0 Å². The average Bonchev–Trinajstić information content (AvgIpc) is 3.41. The minimum atomic E-state index is -1.01. The van der Waals surface area contributed by atoms with Gasteiger partial charge in [-0.2, -0.15) is 0 Å². The van der Waals surface area contributed by atoms with Crippen molar-refractivity contribution >= 4 is 34.5 Å². The third-order valence-electron chi connectivity index (χ3n) is 8.24. The second kappa shape index (κ2) is 14.8. The Morgan fingerprint density at radius 1 is 1.02 bits per heavy atom. The number of nitrogens with one attached hydrogen (secondary N) is 2. The fraction of sp³-hybridized carbons (Fsp3) is 0.485. The molecule has 1 saturated heterocycles. The van der Waals surface area contributed by atoms with Crippen LogP contribution in [0.25, 0.3) is 10.9 Å². The van der Waals surface area contributed by atoms with Crippen LogP contribution >= 0.6 is 0 Å². The van der Waals surface area contributed by atoms with Gasteiger partial charge in [-0.3, -0.25) is 24.2 Å². The molecule has 43 heavy (non-hydrogen) atoms. The van der Waals surface area contributed by atoms with Crippen LogP contribution in [-0.4, -0.2) is 75.6 Å². The Balaban J connectivity index is 1.60. The van der Waals surface area contributed by atoms with E-state index >= 15 is 0 Å². The molecule has 1 fully saturated rings. The lowest BCUT2D eigenvalue weighted by atomic mass is 9.91. The molecule has 3 atom stereocenters. The third kappa shape index (κ3) is 8.43. The topological polar surface area (TPSA) is 141 Å². The number of hydrogen-bond acceptors (Lipinski definition) is 5. The molecule has 0 radical (unpaired) electrons. The minimum absolute atomic E-state index is 0.0196. The number of nitrogens with zero attached hydrogens (tertiary/aromatic N) is 3. The second-order valence-electron chi connectivity index (χ2n) is 12.0. The Kier molecular flexibility index (Phi) is 10.9. The van der Waals surface area contributed by atoms with Gasteiger partial charge in [0.2, 0.25) is 23.6 Å². The monoisotopic (exact) mass is 588 g/mol. The van der Waals surface area contributed by atoms with Crippen molar-refractivity contribution in [1.29, 1.82) is 0 Å². The lowest BCUT2D eigenvalue weighted by Gasteiger charge is -2.33. The molecule has 10 nitrogen and oxygen atoms in total. The van der Waals surface area contributed by atoms with Crippen molar-refractivity contribution in [3.63, 3.8) is 0 Å². The van der Waals surface area contributed by atoms with Crippen LogP contribution in [0.5, 0.6) is 0 Å². The van der Waals surface area contributed by atoms with Crippen molar-refractivity contribution in [2.75, 3.05) is 20.1 Å². The number of pyridine rings is 1. The zero-order chi connectivity index (χ0) is 30.9. The number of rotatable bonds is 13. The van der Waals surface area contributed by atoms with Crippen molar-refractivity contribution in [2.45, 2.75) is 70.9 Å². The van der Waals surface area contributed by atoms with Gasteiger partial charge in [0.25, 0.3) is 0 Å². The number of aromatic nitrogens is 2. The Morgan fingerprint density at radius 3 is 2.42 bits per heavy atom. The first kappa shape index (κ1) is 31.7. The molecular weight excluding hydrogens is 544 g/mol. The highest BCUT2D eigenvalue weighted by Gasteiger charge is 2.35. The van der Waals surface area contributed by atoms with Crippen molar-refractivity contribution in [1.82, 2.24) is 25.1 Å². The summed E-state index contributed by atoms with van der Waals surface area (Å²) in [6.45, 7) is 5.48. The van der Waals surface area contributed by atoms with E-state index in [9.17, 15) is 19.2 Å². The number of likely N-dealkylation sites (tertiary alicyclic amines) is 1. The van der Waals surface area contributed by atoms with Gasteiger partial charge < -0.3 is 25.8 Å². The summed E-state index contributed by atoms with van der Waals surface area (Å²) < 4.78 is 0. The van der Waals surface area contributed by atoms with Crippen LogP contribution in [0.15, 0.2) is 54.9 Å². The molecule has 1 aromatic carbocycles. The summed E-state index contributed by atoms with van der Waals surface area (Å²) >= 11 is 0. The molecule has 0 saturated carbocycles. The molecule has 0 aliphatic carbocycles. The van der Waals surface area contributed by atoms with Crippen LogP contribution in [0, 0.1) is 11.8 Å². The Morgan fingerprint density at radius 2 is 1.74 bits per heavy atom. The lowest BCUT2D eigenvalue weighted by molar-refractivity contribution is -0.146. The van der Waals surface area contributed by atoms with E-state index in [1.54, 1.807) is 31.4 Å². The molecule has 1 aliphatic rings. The largest absolute Gasteiger partial charge is 0.368 e. The smallest absolute Gasteiger partial charge is 0.243 e. The van der Waals surface area contributed by atoms with Crippen molar-refractivity contribution < 1.29 is 19.2 Å². The Hall–Kier alpha value is -4.21. The molecule has 10 heteroatoms. The van der Waals surface area contributed by atoms with E-state index in [2.05, 4.69) is 15.3 Å². The molecular formula is C33H44N6O4. The van der Waals surface area contributed by atoms with Gasteiger partial charge in [0.15, 0.2) is 0 Å². The zero-order valence-corrected chi connectivity index (χ0v) is 25.4. The minimum Gasteiger partial charge on any atom is -0.368 e. The standard InChI is InChI=1S/C33H44N6O4/c1-22(2)17-23(19-30(40)39-15-9-4-10-16-39)33(43)38(3)29(18-24-21-36-27-13-6-5-12-26(24)27)32(42)37-28(31(34)41)20-25-11-7-8-14-35-25/h5-8,11-14,21-23,28-29,36H,4,9-10,15-20H2,1-3H3,(H2,34,41)(H,37,42). The van der Waals surface area contributed by atoms with Gasteiger partial charge in [-0.15, -0.1) is 0 Å². The quantitative estimate of drug-likeness (QED) is 0.281. The third-order valence-corrected chi connectivity index (χ3v) is 8.24. The van der Waals surface area contributed by atoms with Crippen molar-refractivity contribution in [3.8, 4) is 0 Å². The Bertz CT molecular complexity index is 1400. The van der Waals surface area contributed by atoms with Crippen molar-refractivity contribution in [3.05, 3.63) is 66.1 Å². The van der Waals surface area contributed by atoms with Crippen molar-refractivity contribution in [2.24, 2.45) is 17.6 Å². The fourth-order valence-electron chi connectivity index (χ4n) is 5.90. The number of primary amides is 1. The molecule has 4 amide bonds. The number of carbonyl (C=O) groups is 4. The molecule has 2 aromatic heterocycles. The second-order valence-corrected chi connectivity index (χ2v) is 12.0. The van der Waals surface area contributed by atoms with Gasteiger partial charge in [0, 0.05) is 74.3 Å². The highest BCUT2D eigenvalue weighted by atomic mass is 16.2. The fourth-order valence-corrected chi connectivity index (χ4v) is 5.90. The van der Waals surface area contributed by atoms with E-state index in [-0.39, 0.29) is 37.0 Å². The molecule has 0 spiro atoms. The van der Waals surface area contributed by atoms with Gasteiger partial charge >= 0.3 is 0 Å².